The zero-order valence-electron chi connectivity index (χ0n) is 5.74. The minimum absolute atomic E-state index is 0. The molecule has 0 saturated carbocycles. The molecule has 1 aromatic carbocycles. The topological polar surface area (TPSA) is 0 Å². The molecule has 0 nitrogen and oxygen atoms in total. The van der Waals surface area contributed by atoms with Crippen LogP contribution >= 0.6 is 12.6 Å². The van der Waals surface area contributed by atoms with Gasteiger partial charge in [0, 0.05) is 11.0 Å². The van der Waals surface area contributed by atoms with Gasteiger partial charge in [0.1, 0.15) is 5.82 Å². The molecule has 5 heteroatoms. The molecular formula is C6H3F3NaS+. The predicted molar refractivity (Wildman–Crippen MR) is 33.6 cm³/mol. The average Bonchev–Trinajstić information content (AvgIpc) is 1.84. The van der Waals surface area contributed by atoms with Crippen LogP contribution in [-0.4, -0.2) is 0 Å². The quantitative estimate of drug-likeness (QED) is 0.313. The van der Waals surface area contributed by atoms with E-state index in [-0.39, 0.29) is 34.5 Å². The van der Waals surface area contributed by atoms with Crippen molar-refractivity contribution < 1.29 is 42.7 Å². The molecule has 0 amide bonds. The van der Waals surface area contributed by atoms with Crippen LogP contribution in [0, 0.1) is 17.5 Å². The van der Waals surface area contributed by atoms with Crippen molar-refractivity contribution in [2.75, 3.05) is 0 Å². The zero-order chi connectivity index (χ0) is 7.72. The Balaban J connectivity index is 0.000001000. The third kappa shape index (κ3) is 2.71. The normalized spacial score (nSPS) is 9.09. The fourth-order valence-electron chi connectivity index (χ4n) is 0.512. The summed E-state index contributed by atoms with van der Waals surface area (Å²) in [4.78, 5) is -0.195. The number of hydrogen-bond acceptors (Lipinski definition) is 1. The van der Waals surface area contributed by atoms with Gasteiger partial charge in [0.25, 0.3) is 0 Å². The third-order valence-electron chi connectivity index (χ3n) is 0.990. The molecule has 0 atom stereocenters. The van der Waals surface area contributed by atoms with Crippen molar-refractivity contribution in [1.29, 1.82) is 0 Å². The van der Waals surface area contributed by atoms with Crippen molar-refractivity contribution in [2.24, 2.45) is 0 Å². The van der Waals surface area contributed by atoms with Gasteiger partial charge in [-0.2, -0.15) is 0 Å². The second-order valence-electron chi connectivity index (χ2n) is 1.72. The van der Waals surface area contributed by atoms with E-state index in [1.165, 1.54) is 0 Å². The number of halogens is 3. The van der Waals surface area contributed by atoms with Gasteiger partial charge in [0.15, 0.2) is 11.6 Å². The Labute approximate surface area is 89.5 Å². The van der Waals surface area contributed by atoms with E-state index >= 15 is 0 Å². The second kappa shape index (κ2) is 4.40. The van der Waals surface area contributed by atoms with E-state index in [1.807, 2.05) is 0 Å². The molecule has 0 unspecified atom stereocenters. The van der Waals surface area contributed by atoms with Crippen molar-refractivity contribution in [2.45, 2.75) is 4.90 Å². The van der Waals surface area contributed by atoms with E-state index in [0.717, 1.165) is 0 Å². The summed E-state index contributed by atoms with van der Waals surface area (Å²) in [6.45, 7) is 0. The van der Waals surface area contributed by atoms with Crippen LogP contribution in [0.15, 0.2) is 17.0 Å². The minimum atomic E-state index is -1.20. The molecule has 1 aromatic rings. The number of thiol groups is 1. The SMILES string of the molecule is Fc1cc(F)c(S)cc1F.[Na+]. The van der Waals surface area contributed by atoms with Crippen molar-refractivity contribution in [3.8, 4) is 0 Å². The van der Waals surface area contributed by atoms with Gasteiger partial charge in [-0.05, 0) is 6.07 Å². The molecule has 0 N–H and O–H groups in total. The number of hydrogen-bond donors (Lipinski definition) is 1. The Bertz CT molecular complexity index is 214. The van der Waals surface area contributed by atoms with E-state index in [2.05, 4.69) is 12.6 Å². The van der Waals surface area contributed by atoms with Gasteiger partial charge in [-0.25, -0.2) is 13.2 Å². The van der Waals surface area contributed by atoms with Crippen LogP contribution < -0.4 is 29.6 Å². The largest absolute Gasteiger partial charge is 1.00 e. The van der Waals surface area contributed by atoms with Crippen molar-refractivity contribution in [3.63, 3.8) is 0 Å². The van der Waals surface area contributed by atoms with E-state index in [1.54, 1.807) is 0 Å². The molecule has 0 spiro atoms. The summed E-state index contributed by atoms with van der Waals surface area (Å²) < 4.78 is 36.6. The second-order valence-corrected chi connectivity index (χ2v) is 2.20. The van der Waals surface area contributed by atoms with Crippen LogP contribution in [0.1, 0.15) is 0 Å². The molecule has 0 aliphatic heterocycles. The Morgan fingerprint density at radius 2 is 1.36 bits per heavy atom. The molecule has 0 radical (unpaired) electrons. The maximum atomic E-state index is 12.3. The Morgan fingerprint density at radius 1 is 0.909 bits per heavy atom. The fourth-order valence-corrected chi connectivity index (χ4v) is 0.690. The monoisotopic (exact) mass is 187 g/mol. The summed E-state index contributed by atoms with van der Waals surface area (Å²) in [6.07, 6.45) is 0. The number of rotatable bonds is 0. The average molecular weight is 187 g/mol. The van der Waals surface area contributed by atoms with E-state index in [4.69, 9.17) is 0 Å². The minimum Gasteiger partial charge on any atom is -0.206 e. The van der Waals surface area contributed by atoms with E-state index in [9.17, 15) is 13.2 Å². The van der Waals surface area contributed by atoms with Crippen LogP contribution in [0.3, 0.4) is 0 Å². The van der Waals surface area contributed by atoms with Crippen molar-refractivity contribution in [3.05, 3.63) is 29.6 Å². The van der Waals surface area contributed by atoms with Crippen molar-refractivity contribution in [1.82, 2.24) is 0 Å². The van der Waals surface area contributed by atoms with Crippen molar-refractivity contribution >= 4 is 12.6 Å². The summed E-state index contributed by atoms with van der Waals surface area (Å²) >= 11 is 3.53. The first-order chi connectivity index (χ1) is 4.61. The van der Waals surface area contributed by atoms with Gasteiger partial charge in [0.05, 0.1) is 0 Å². The summed E-state index contributed by atoms with van der Waals surface area (Å²) in [5.74, 6) is -3.15. The van der Waals surface area contributed by atoms with Crippen LogP contribution in [-0.2, 0) is 0 Å². The molecule has 11 heavy (non-hydrogen) atoms. The van der Waals surface area contributed by atoms with E-state index in [0.29, 0.717) is 12.1 Å². The van der Waals surface area contributed by atoms with Gasteiger partial charge >= 0.3 is 29.6 Å². The molecule has 0 aromatic heterocycles. The molecule has 0 bridgehead atoms. The van der Waals surface area contributed by atoms with Crippen LogP contribution in [0.2, 0.25) is 0 Å². The fraction of sp³-hybridized carbons (Fsp3) is 0. The first-order valence-corrected chi connectivity index (χ1v) is 2.89. The molecule has 54 valence electrons. The third-order valence-corrected chi connectivity index (χ3v) is 1.33. The number of benzene rings is 1. The summed E-state index contributed by atoms with van der Waals surface area (Å²) in [5, 5.41) is 0. The van der Waals surface area contributed by atoms with Gasteiger partial charge in [-0.15, -0.1) is 12.6 Å². The summed E-state index contributed by atoms with van der Waals surface area (Å²) in [6, 6.07) is 1.14. The Kier molecular flexibility index (Phi) is 4.55. The zero-order valence-corrected chi connectivity index (χ0v) is 8.63. The smallest absolute Gasteiger partial charge is 0.206 e. The Morgan fingerprint density at radius 3 is 1.82 bits per heavy atom. The first-order valence-electron chi connectivity index (χ1n) is 2.45. The predicted octanol–water partition coefficient (Wildman–Crippen LogP) is -0.603. The van der Waals surface area contributed by atoms with Gasteiger partial charge in [0.2, 0.25) is 0 Å². The molecule has 1 rings (SSSR count). The maximum Gasteiger partial charge on any atom is 1.00 e. The van der Waals surface area contributed by atoms with Crippen LogP contribution in [0.5, 0.6) is 0 Å². The van der Waals surface area contributed by atoms with Gasteiger partial charge < -0.3 is 0 Å². The Hall–Kier alpha value is 0.360. The molecule has 0 aliphatic rings. The van der Waals surface area contributed by atoms with Gasteiger partial charge in [-0.3, -0.25) is 0 Å². The maximum absolute atomic E-state index is 12.3. The van der Waals surface area contributed by atoms with Crippen LogP contribution in [0.25, 0.3) is 0 Å². The van der Waals surface area contributed by atoms with E-state index < -0.39 is 17.5 Å². The summed E-state index contributed by atoms with van der Waals surface area (Å²) in [5.41, 5.74) is 0. The molecular weight excluding hydrogens is 184 g/mol. The van der Waals surface area contributed by atoms with Gasteiger partial charge in [-0.1, -0.05) is 0 Å². The standard InChI is InChI=1S/C6H3F3S.Na/c7-3-1-5(9)6(10)2-4(3)8;/h1-2,10H;/q;+1. The molecule has 0 fully saturated rings. The molecule has 0 saturated heterocycles. The molecule has 0 aliphatic carbocycles. The van der Waals surface area contributed by atoms with Crippen LogP contribution in [0.4, 0.5) is 13.2 Å². The molecule has 0 heterocycles. The summed E-state index contributed by atoms with van der Waals surface area (Å²) in [7, 11) is 0. The first kappa shape index (κ1) is 11.4.